The van der Waals surface area contributed by atoms with Crippen LogP contribution in [0.1, 0.15) is 23.7 Å². The number of nitro groups is 1. The molecule has 1 aliphatic heterocycles. The number of nitrogens with one attached hydrogen (secondary N) is 1. The Kier molecular flexibility index (Phi) is 4.19. The molecule has 1 heterocycles. The quantitative estimate of drug-likeness (QED) is 0.631. The van der Waals surface area contributed by atoms with Gasteiger partial charge in [-0.15, -0.1) is 0 Å². The van der Waals surface area contributed by atoms with Crippen molar-refractivity contribution in [2.75, 3.05) is 24.5 Å². The topological polar surface area (TPSA) is 95.7 Å². The van der Waals surface area contributed by atoms with Gasteiger partial charge < -0.3 is 15.3 Å². The predicted molar refractivity (Wildman–Crippen MR) is 73.9 cm³/mol. The summed E-state index contributed by atoms with van der Waals surface area (Å²) in [5.41, 5.74) is 0.601. The van der Waals surface area contributed by atoms with E-state index in [0.717, 1.165) is 0 Å². The highest BCUT2D eigenvalue weighted by atomic mass is 16.6. The Morgan fingerprint density at radius 3 is 2.90 bits per heavy atom. The van der Waals surface area contributed by atoms with Gasteiger partial charge in [0.1, 0.15) is 5.69 Å². The number of hydrogen-bond acceptors (Lipinski definition) is 5. The highest BCUT2D eigenvalue weighted by Crippen LogP contribution is 2.31. The molecule has 2 N–H and O–H groups in total. The average Bonchev–Trinajstić information content (AvgIpc) is 2.84. The van der Waals surface area contributed by atoms with Gasteiger partial charge in [0, 0.05) is 31.3 Å². The van der Waals surface area contributed by atoms with Crippen LogP contribution in [0.25, 0.3) is 0 Å². The SMILES string of the molecule is CCNC(=O)c1ccc(N2CC[C@@H](O)C2)c([N+](=O)[O-])c1. The monoisotopic (exact) mass is 279 g/mol. The molecule has 7 nitrogen and oxygen atoms in total. The van der Waals surface area contributed by atoms with Crippen LogP contribution in [0.4, 0.5) is 11.4 Å². The molecule has 1 saturated heterocycles. The van der Waals surface area contributed by atoms with Crippen molar-refractivity contribution in [2.24, 2.45) is 0 Å². The number of hydrogen-bond donors (Lipinski definition) is 2. The number of carbonyl (C=O) groups is 1. The molecule has 1 aromatic carbocycles. The van der Waals surface area contributed by atoms with Crippen LogP contribution in [0.15, 0.2) is 18.2 Å². The third kappa shape index (κ3) is 2.88. The van der Waals surface area contributed by atoms with E-state index in [4.69, 9.17) is 0 Å². The second-order valence-electron chi connectivity index (χ2n) is 4.71. The van der Waals surface area contributed by atoms with Crippen molar-refractivity contribution in [3.63, 3.8) is 0 Å². The van der Waals surface area contributed by atoms with Gasteiger partial charge in [-0.3, -0.25) is 14.9 Å². The summed E-state index contributed by atoms with van der Waals surface area (Å²) in [5, 5.41) is 23.3. The molecule has 0 unspecified atom stereocenters. The number of nitrogens with zero attached hydrogens (tertiary/aromatic N) is 2. The van der Waals surface area contributed by atoms with Crippen molar-refractivity contribution in [3.05, 3.63) is 33.9 Å². The van der Waals surface area contributed by atoms with Crippen molar-refractivity contribution in [2.45, 2.75) is 19.4 Å². The van der Waals surface area contributed by atoms with E-state index in [9.17, 15) is 20.0 Å². The molecule has 1 fully saturated rings. The minimum Gasteiger partial charge on any atom is -0.391 e. The summed E-state index contributed by atoms with van der Waals surface area (Å²) >= 11 is 0. The minimum atomic E-state index is -0.497. The molecule has 0 spiro atoms. The lowest BCUT2D eigenvalue weighted by atomic mass is 10.1. The van der Waals surface area contributed by atoms with Gasteiger partial charge in [0.05, 0.1) is 11.0 Å². The molecule has 1 amide bonds. The number of aliphatic hydroxyl groups excluding tert-OH is 1. The first-order valence-corrected chi connectivity index (χ1v) is 6.52. The van der Waals surface area contributed by atoms with Crippen molar-refractivity contribution in [1.82, 2.24) is 5.32 Å². The Bertz CT molecular complexity index is 532. The van der Waals surface area contributed by atoms with Crippen LogP contribution in [-0.2, 0) is 0 Å². The molecule has 0 saturated carbocycles. The average molecular weight is 279 g/mol. The lowest BCUT2D eigenvalue weighted by Gasteiger charge is -2.18. The Balaban J connectivity index is 2.33. The van der Waals surface area contributed by atoms with Crippen LogP contribution in [-0.4, -0.2) is 41.7 Å². The zero-order chi connectivity index (χ0) is 14.7. The van der Waals surface area contributed by atoms with Crippen LogP contribution in [0.2, 0.25) is 0 Å². The van der Waals surface area contributed by atoms with E-state index < -0.39 is 11.0 Å². The van der Waals surface area contributed by atoms with Gasteiger partial charge in [0.2, 0.25) is 0 Å². The predicted octanol–water partition coefficient (Wildman–Crippen LogP) is 0.916. The maximum absolute atomic E-state index is 11.7. The van der Waals surface area contributed by atoms with Crippen LogP contribution >= 0.6 is 0 Å². The molecule has 1 atom stereocenters. The number of benzene rings is 1. The fourth-order valence-electron chi connectivity index (χ4n) is 2.30. The molecule has 108 valence electrons. The molecule has 0 radical (unpaired) electrons. The first kappa shape index (κ1) is 14.3. The van der Waals surface area contributed by atoms with Gasteiger partial charge in [-0.1, -0.05) is 0 Å². The smallest absolute Gasteiger partial charge is 0.293 e. The second kappa shape index (κ2) is 5.87. The number of nitro benzene ring substituents is 1. The first-order chi connectivity index (χ1) is 9.52. The summed E-state index contributed by atoms with van der Waals surface area (Å²) < 4.78 is 0. The van der Waals surface area contributed by atoms with Crippen LogP contribution < -0.4 is 10.2 Å². The zero-order valence-electron chi connectivity index (χ0n) is 11.2. The summed E-state index contributed by atoms with van der Waals surface area (Å²) in [6.45, 7) is 3.20. The summed E-state index contributed by atoms with van der Waals surface area (Å²) in [4.78, 5) is 24.2. The largest absolute Gasteiger partial charge is 0.391 e. The molecule has 7 heteroatoms. The van der Waals surface area contributed by atoms with Crippen LogP contribution in [0.5, 0.6) is 0 Å². The van der Waals surface area contributed by atoms with Gasteiger partial charge in [-0.25, -0.2) is 0 Å². The maximum Gasteiger partial charge on any atom is 0.293 e. The molecule has 2 rings (SSSR count). The number of carbonyl (C=O) groups excluding carboxylic acids is 1. The van der Waals surface area contributed by atoms with Crippen LogP contribution in [0, 0.1) is 10.1 Å². The lowest BCUT2D eigenvalue weighted by Crippen LogP contribution is -2.24. The molecular formula is C13H17N3O4. The number of aliphatic hydroxyl groups is 1. The normalized spacial score (nSPS) is 18.1. The van der Waals surface area contributed by atoms with Crippen molar-refractivity contribution in [1.29, 1.82) is 0 Å². The van der Waals surface area contributed by atoms with E-state index in [1.807, 2.05) is 0 Å². The number of rotatable bonds is 4. The third-order valence-electron chi connectivity index (χ3n) is 3.28. The molecular weight excluding hydrogens is 262 g/mol. The minimum absolute atomic E-state index is 0.108. The Labute approximate surface area is 116 Å². The van der Waals surface area contributed by atoms with Gasteiger partial charge in [0.15, 0.2) is 0 Å². The van der Waals surface area contributed by atoms with E-state index in [2.05, 4.69) is 5.32 Å². The van der Waals surface area contributed by atoms with Crippen molar-refractivity contribution >= 4 is 17.3 Å². The first-order valence-electron chi connectivity index (χ1n) is 6.52. The molecule has 0 aromatic heterocycles. The Morgan fingerprint density at radius 1 is 1.60 bits per heavy atom. The van der Waals surface area contributed by atoms with E-state index >= 15 is 0 Å². The van der Waals surface area contributed by atoms with Gasteiger partial charge >= 0.3 is 0 Å². The number of β-amino-alcohol motifs (C(OH)–C–C–N with tert-alkyl or cyclic N) is 1. The lowest BCUT2D eigenvalue weighted by molar-refractivity contribution is -0.384. The highest BCUT2D eigenvalue weighted by Gasteiger charge is 2.27. The van der Waals surface area contributed by atoms with Gasteiger partial charge in [-0.05, 0) is 25.5 Å². The van der Waals surface area contributed by atoms with E-state index in [0.29, 0.717) is 31.7 Å². The van der Waals surface area contributed by atoms with Crippen molar-refractivity contribution < 1.29 is 14.8 Å². The van der Waals surface area contributed by atoms with Crippen molar-refractivity contribution in [3.8, 4) is 0 Å². The molecule has 0 aliphatic carbocycles. The molecule has 1 aliphatic rings. The molecule has 0 bridgehead atoms. The maximum atomic E-state index is 11.7. The summed E-state index contributed by atoms with van der Waals surface area (Å²) in [5.74, 6) is -0.330. The Hall–Kier alpha value is -2.15. The molecule has 1 aromatic rings. The van der Waals surface area contributed by atoms with Gasteiger partial charge in [0.25, 0.3) is 11.6 Å². The third-order valence-corrected chi connectivity index (χ3v) is 3.28. The number of anilines is 1. The van der Waals surface area contributed by atoms with E-state index in [1.54, 1.807) is 24.0 Å². The Morgan fingerprint density at radius 2 is 2.35 bits per heavy atom. The van der Waals surface area contributed by atoms with Crippen LogP contribution in [0.3, 0.4) is 0 Å². The molecule has 20 heavy (non-hydrogen) atoms. The van der Waals surface area contributed by atoms with E-state index in [-0.39, 0.29) is 17.2 Å². The summed E-state index contributed by atoms with van der Waals surface area (Å²) in [6.07, 6.45) is 0.132. The standard InChI is InChI=1S/C13H17N3O4/c1-2-14-13(18)9-3-4-11(12(7-9)16(19)20)15-6-5-10(17)8-15/h3-4,7,10,17H,2,5-6,8H2,1H3,(H,14,18)/t10-/m1/s1. The van der Waals surface area contributed by atoms with Gasteiger partial charge in [-0.2, -0.15) is 0 Å². The summed E-state index contributed by atoms with van der Waals surface area (Å²) in [6, 6.07) is 4.42. The zero-order valence-corrected chi connectivity index (χ0v) is 11.2. The fourth-order valence-corrected chi connectivity index (χ4v) is 2.30. The van der Waals surface area contributed by atoms with E-state index in [1.165, 1.54) is 6.07 Å². The highest BCUT2D eigenvalue weighted by molar-refractivity contribution is 5.95. The number of amides is 1. The summed E-state index contributed by atoms with van der Waals surface area (Å²) in [7, 11) is 0. The second-order valence-corrected chi connectivity index (χ2v) is 4.71. The fraction of sp³-hybridized carbons (Fsp3) is 0.462.